The quantitative estimate of drug-likeness (QED) is 0.882. The summed E-state index contributed by atoms with van der Waals surface area (Å²) in [4.78, 5) is 23.9. The summed E-state index contributed by atoms with van der Waals surface area (Å²) in [6.07, 6.45) is 0.225. The molecule has 24 heavy (non-hydrogen) atoms. The molecule has 0 aliphatic carbocycles. The molecule has 0 heterocycles. The standard InChI is InChI=1S/C18H18F2N2O2/c1-10-4-3-5-11(2)13(10)9-16(17(21)23)22-18(24)12-6-7-14(19)15(20)8-12/h3-8,16H,9H2,1-2H3,(H2,21,23)(H,22,24)/t16-/m1/s1. The Morgan fingerprint density at radius 3 is 2.25 bits per heavy atom. The van der Waals surface area contributed by atoms with Crippen molar-refractivity contribution in [2.45, 2.75) is 26.3 Å². The van der Waals surface area contributed by atoms with Gasteiger partial charge in [-0.3, -0.25) is 9.59 Å². The molecule has 0 aromatic heterocycles. The maximum atomic E-state index is 13.2. The number of nitrogens with two attached hydrogens (primary N) is 1. The molecule has 0 bridgehead atoms. The molecule has 0 saturated heterocycles. The van der Waals surface area contributed by atoms with Crippen LogP contribution in [0.25, 0.3) is 0 Å². The van der Waals surface area contributed by atoms with Crippen molar-refractivity contribution >= 4 is 11.8 Å². The fourth-order valence-corrected chi connectivity index (χ4v) is 2.48. The first-order chi connectivity index (χ1) is 11.3. The molecular weight excluding hydrogens is 314 g/mol. The van der Waals surface area contributed by atoms with Gasteiger partial charge >= 0.3 is 0 Å². The Balaban J connectivity index is 2.21. The van der Waals surface area contributed by atoms with Crippen LogP contribution in [0.3, 0.4) is 0 Å². The molecule has 2 aromatic carbocycles. The number of rotatable bonds is 5. The molecule has 0 fully saturated rings. The van der Waals surface area contributed by atoms with Crippen molar-refractivity contribution in [3.8, 4) is 0 Å². The third-order valence-electron chi connectivity index (χ3n) is 3.88. The van der Waals surface area contributed by atoms with Crippen molar-refractivity contribution in [2.24, 2.45) is 5.73 Å². The average molecular weight is 332 g/mol. The number of primary amides is 1. The Morgan fingerprint density at radius 2 is 1.71 bits per heavy atom. The minimum atomic E-state index is -1.13. The molecule has 0 aliphatic rings. The predicted octanol–water partition coefficient (Wildman–Crippen LogP) is 2.41. The van der Waals surface area contributed by atoms with Crippen molar-refractivity contribution in [3.63, 3.8) is 0 Å². The zero-order valence-electron chi connectivity index (χ0n) is 13.4. The van der Waals surface area contributed by atoms with Crippen LogP contribution < -0.4 is 11.1 Å². The number of benzene rings is 2. The highest BCUT2D eigenvalue weighted by atomic mass is 19.2. The molecule has 2 rings (SSSR count). The van der Waals surface area contributed by atoms with Gasteiger partial charge in [-0.05, 0) is 48.7 Å². The van der Waals surface area contributed by atoms with Crippen LogP contribution >= 0.6 is 0 Å². The molecule has 3 N–H and O–H groups in total. The Bertz CT molecular complexity index is 770. The third-order valence-corrected chi connectivity index (χ3v) is 3.88. The molecule has 0 spiro atoms. The second kappa shape index (κ2) is 7.21. The van der Waals surface area contributed by atoms with Gasteiger partial charge in [0.25, 0.3) is 5.91 Å². The van der Waals surface area contributed by atoms with Gasteiger partial charge in [-0.1, -0.05) is 18.2 Å². The highest BCUT2D eigenvalue weighted by molar-refractivity contribution is 5.97. The minimum Gasteiger partial charge on any atom is -0.368 e. The van der Waals surface area contributed by atoms with Crippen molar-refractivity contribution in [2.75, 3.05) is 0 Å². The SMILES string of the molecule is Cc1cccc(C)c1C[C@@H](NC(=O)c1ccc(F)c(F)c1)C(N)=O. The lowest BCUT2D eigenvalue weighted by molar-refractivity contribution is -0.119. The number of nitrogens with one attached hydrogen (secondary N) is 1. The molecule has 2 aromatic rings. The second-order valence-electron chi connectivity index (χ2n) is 5.63. The molecule has 6 heteroatoms. The van der Waals surface area contributed by atoms with E-state index >= 15 is 0 Å². The summed E-state index contributed by atoms with van der Waals surface area (Å²) in [6, 6.07) is 7.52. The highest BCUT2D eigenvalue weighted by Gasteiger charge is 2.21. The van der Waals surface area contributed by atoms with Crippen molar-refractivity contribution in [3.05, 3.63) is 70.3 Å². The van der Waals surface area contributed by atoms with E-state index in [-0.39, 0.29) is 12.0 Å². The number of hydrogen-bond acceptors (Lipinski definition) is 2. The van der Waals surface area contributed by atoms with Crippen molar-refractivity contribution in [1.82, 2.24) is 5.32 Å². The normalized spacial score (nSPS) is 11.8. The molecule has 4 nitrogen and oxygen atoms in total. The fraction of sp³-hybridized carbons (Fsp3) is 0.222. The Kier molecular flexibility index (Phi) is 5.28. The summed E-state index contributed by atoms with van der Waals surface area (Å²) < 4.78 is 26.2. The van der Waals surface area contributed by atoms with E-state index in [2.05, 4.69) is 5.32 Å². The van der Waals surface area contributed by atoms with E-state index in [9.17, 15) is 18.4 Å². The van der Waals surface area contributed by atoms with Crippen LogP contribution in [0.1, 0.15) is 27.0 Å². The third kappa shape index (κ3) is 3.95. The van der Waals surface area contributed by atoms with Gasteiger partial charge in [0.05, 0.1) is 0 Å². The fourth-order valence-electron chi connectivity index (χ4n) is 2.48. The predicted molar refractivity (Wildman–Crippen MR) is 86.4 cm³/mol. The summed E-state index contributed by atoms with van der Waals surface area (Å²) >= 11 is 0. The second-order valence-corrected chi connectivity index (χ2v) is 5.63. The van der Waals surface area contributed by atoms with E-state index in [0.29, 0.717) is 0 Å². The van der Waals surface area contributed by atoms with Crippen LogP contribution in [-0.2, 0) is 11.2 Å². The van der Waals surface area contributed by atoms with E-state index in [1.807, 2.05) is 32.0 Å². The number of hydrogen-bond donors (Lipinski definition) is 2. The average Bonchev–Trinajstić information content (AvgIpc) is 2.52. The first-order valence-electron chi connectivity index (χ1n) is 7.40. The molecule has 0 aliphatic heterocycles. The van der Waals surface area contributed by atoms with Gasteiger partial charge in [-0.15, -0.1) is 0 Å². The molecule has 1 atom stereocenters. The zero-order valence-corrected chi connectivity index (χ0v) is 13.4. The van der Waals surface area contributed by atoms with Gasteiger partial charge < -0.3 is 11.1 Å². The summed E-state index contributed by atoms with van der Waals surface area (Å²) in [5, 5.41) is 2.48. The molecule has 126 valence electrons. The summed E-state index contributed by atoms with van der Waals surface area (Å²) in [6.45, 7) is 3.80. The number of aryl methyl sites for hydroxylation is 2. The Labute approximate surface area is 138 Å². The van der Waals surface area contributed by atoms with Crippen molar-refractivity contribution < 1.29 is 18.4 Å². The maximum Gasteiger partial charge on any atom is 0.252 e. The van der Waals surface area contributed by atoms with Gasteiger partial charge in [-0.2, -0.15) is 0 Å². The van der Waals surface area contributed by atoms with E-state index in [0.717, 1.165) is 34.9 Å². The van der Waals surface area contributed by atoms with Crippen molar-refractivity contribution in [1.29, 1.82) is 0 Å². The van der Waals surface area contributed by atoms with E-state index in [1.54, 1.807) is 0 Å². The van der Waals surface area contributed by atoms with Gasteiger partial charge in [0, 0.05) is 12.0 Å². The Morgan fingerprint density at radius 1 is 1.08 bits per heavy atom. The zero-order chi connectivity index (χ0) is 17.9. The van der Waals surface area contributed by atoms with E-state index < -0.39 is 29.5 Å². The molecule has 2 amide bonds. The van der Waals surface area contributed by atoms with Crippen LogP contribution in [-0.4, -0.2) is 17.9 Å². The van der Waals surface area contributed by atoms with Gasteiger partial charge in [0.15, 0.2) is 11.6 Å². The summed E-state index contributed by atoms with van der Waals surface area (Å²) in [5.41, 5.74) is 8.16. The molecular formula is C18H18F2N2O2. The molecule has 0 saturated carbocycles. The topological polar surface area (TPSA) is 72.2 Å². The number of carbonyl (C=O) groups excluding carboxylic acids is 2. The van der Waals surface area contributed by atoms with E-state index in [4.69, 9.17) is 5.73 Å². The molecule has 0 radical (unpaired) electrons. The minimum absolute atomic E-state index is 0.0818. The number of amides is 2. The van der Waals surface area contributed by atoms with Crippen LogP contribution in [0, 0.1) is 25.5 Å². The van der Waals surface area contributed by atoms with Crippen LogP contribution in [0.15, 0.2) is 36.4 Å². The lowest BCUT2D eigenvalue weighted by Crippen LogP contribution is -2.46. The van der Waals surface area contributed by atoms with Crippen LogP contribution in [0.2, 0.25) is 0 Å². The van der Waals surface area contributed by atoms with Crippen LogP contribution in [0.4, 0.5) is 8.78 Å². The lowest BCUT2D eigenvalue weighted by Gasteiger charge is -2.18. The Hall–Kier alpha value is -2.76. The molecule has 0 unspecified atom stereocenters. The number of halogens is 2. The number of carbonyl (C=O) groups is 2. The first kappa shape index (κ1) is 17.6. The smallest absolute Gasteiger partial charge is 0.252 e. The summed E-state index contributed by atoms with van der Waals surface area (Å²) in [5.74, 6) is -3.57. The first-order valence-corrected chi connectivity index (χ1v) is 7.40. The van der Waals surface area contributed by atoms with Gasteiger partial charge in [0.1, 0.15) is 6.04 Å². The summed E-state index contributed by atoms with van der Waals surface area (Å²) in [7, 11) is 0. The largest absolute Gasteiger partial charge is 0.368 e. The monoisotopic (exact) mass is 332 g/mol. The van der Waals surface area contributed by atoms with Gasteiger partial charge in [0.2, 0.25) is 5.91 Å². The van der Waals surface area contributed by atoms with Crippen LogP contribution in [0.5, 0.6) is 0 Å². The maximum absolute atomic E-state index is 13.2. The highest BCUT2D eigenvalue weighted by Crippen LogP contribution is 2.16. The van der Waals surface area contributed by atoms with E-state index in [1.165, 1.54) is 0 Å². The lowest BCUT2D eigenvalue weighted by atomic mass is 9.96. The van der Waals surface area contributed by atoms with Gasteiger partial charge in [-0.25, -0.2) is 8.78 Å².